The SMILES string of the molecule is Cc1nc(-c2cccs2)sc1C(=O)Nc1ccccc1-c1ccccc1. The molecule has 0 unspecified atom stereocenters. The number of benzene rings is 2. The van der Waals surface area contributed by atoms with Gasteiger partial charge in [0.1, 0.15) is 9.88 Å². The van der Waals surface area contributed by atoms with Gasteiger partial charge in [0.05, 0.1) is 10.6 Å². The predicted octanol–water partition coefficient (Wildman–Crippen LogP) is 6.10. The standard InChI is InChI=1S/C21H16N2OS2/c1-14-19(26-21(22-14)18-12-7-13-25-18)20(24)23-17-11-6-5-10-16(17)15-8-3-2-4-9-15/h2-13H,1H3,(H,23,24). The van der Waals surface area contributed by atoms with Gasteiger partial charge in [0.15, 0.2) is 0 Å². The van der Waals surface area contributed by atoms with Gasteiger partial charge in [-0.2, -0.15) is 0 Å². The molecule has 0 aliphatic carbocycles. The third-order valence-electron chi connectivity index (χ3n) is 3.99. The van der Waals surface area contributed by atoms with Crippen LogP contribution in [0.1, 0.15) is 15.4 Å². The minimum atomic E-state index is -0.119. The normalized spacial score (nSPS) is 10.7. The highest BCUT2D eigenvalue weighted by atomic mass is 32.1. The average Bonchev–Trinajstić information content (AvgIpc) is 3.32. The zero-order valence-corrected chi connectivity index (χ0v) is 15.7. The van der Waals surface area contributed by atoms with Crippen LogP contribution in [0.3, 0.4) is 0 Å². The van der Waals surface area contributed by atoms with Crippen molar-refractivity contribution in [3.05, 3.63) is 82.7 Å². The van der Waals surface area contributed by atoms with Crippen LogP contribution in [0.2, 0.25) is 0 Å². The fraction of sp³-hybridized carbons (Fsp3) is 0.0476. The first kappa shape index (κ1) is 16.7. The highest BCUT2D eigenvalue weighted by Gasteiger charge is 2.18. The first-order valence-electron chi connectivity index (χ1n) is 8.19. The van der Waals surface area contributed by atoms with E-state index in [4.69, 9.17) is 0 Å². The maximum Gasteiger partial charge on any atom is 0.267 e. The van der Waals surface area contributed by atoms with Crippen molar-refractivity contribution in [1.29, 1.82) is 0 Å². The topological polar surface area (TPSA) is 42.0 Å². The van der Waals surface area contributed by atoms with E-state index in [1.807, 2.05) is 79.0 Å². The molecule has 0 spiro atoms. The summed E-state index contributed by atoms with van der Waals surface area (Å²) in [6, 6.07) is 21.9. The lowest BCUT2D eigenvalue weighted by atomic mass is 10.0. The summed E-state index contributed by atoms with van der Waals surface area (Å²) in [5.74, 6) is -0.119. The molecule has 0 saturated heterocycles. The molecule has 0 aliphatic heterocycles. The molecule has 2 aromatic carbocycles. The minimum absolute atomic E-state index is 0.119. The van der Waals surface area contributed by atoms with E-state index in [1.54, 1.807) is 11.3 Å². The van der Waals surface area contributed by atoms with Crippen molar-refractivity contribution in [2.75, 3.05) is 5.32 Å². The van der Waals surface area contributed by atoms with Gasteiger partial charge in [-0.25, -0.2) is 4.98 Å². The van der Waals surface area contributed by atoms with Gasteiger partial charge >= 0.3 is 0 Å². The highest BCUT2D eigenvalue weighted by molar-refractivity contribution is 7.22. The zero-order valence-electron chi connectivity index (χ0n) is 14.1. The van der Waals surface area contributed by atoms with Gasteiger partial charge in [-0.1, -0.05) is 54.6 Å². The van der Waals surface area contributed by atoms with Gasteiger partial charge < -0.3 is 5.32 Å². The number of carbonyl (C=O) groups is 1. The number of para-hydroxylation sites is 1. The Morgan fingerprint density at radius 2 is 1.73 bits per heavy atom. The Hall–Kier alpha value is -2.76. The molecule has 0 saturated carbocycles. The number of hydrogen-bond acceptors (Lipinski definition) is 4. The summed E-state index contributed by atoms with van der Waals surface area (Å²) < 4.78 is 0. The third-order valence-corrected chi connectivity index (χ3v) is 6.19. The van der Waals surface area contributed by atoms with E-state index in [0.717, 1.165) is 32.4 Å². The monoisotopic (exact) mass is 376 g/mol. The number of nitrogens with one attached hydrogen (secondary N) is 1. The maximum absolute atomic E-state index is 12.9. The molecule has 0 radical (unpaired) electrons. The molecule has 4 rings (SSSR count). The molecule has 5 heteroatoms. The lowest BCUT2D eigenvalue weighted by Gasteiger charge is -2.10. The van der Waals surface area contributed by atoms with E-state index in [9.17, 15) is 4.79 Å². The van der Waals surface area contributed by atoms with Crippen molar-refractivity contribution in [3.63, 3.8) is 0 Å². The van der Waals surface area contributed by atoms with Crippen molar-refractivity contribution in [1.82, 2.24) is 4.98 Å². The highest BCUT2D eigenvalue weighted by Crippen LogP contribution is 2.33. The first-order chi connectivity index (χ1) is 12.7. The molecular weight excluding hydrogens is 360 g/mol. The Bertz CT molecular complexity index is 1040. The van der Waals surface area contributed by atoms with Gasteiger partial charge in [-0.3, -0.25) is 4.79 Å². The van der Waals surface area contributed by atoms with Crippen LogP contribution >= 0.6 is 22.7 Å². The molecule has 2 heterocycles. The van der Waals surface area contributed by atoms with Crippen LogP contribution in [0.4, 0.5) is 5.69 Å². The van der Waals surface area contributed by atoms with Crippen molar-refractivity contribution in [3.8, 4) is 21.0 Å². The molecule has 1 N–H and O–H groups in total. The number of anilines is 1. The Morgan fingerprint density at radius 1 is 0.962 bits per heavy atom. The van der Waals surface area contributed by atoms with Crippen LogP contribution in [0.25, 0.3) is 21.0 Å². The number of carbonyl (C=O) groups excluding carboxylic acids is 1. The van der Waals surface area contributed by atoms with Gasteiger partial charge in [0.2, 0.25) is 0 Å². The number of aromatic nitrogens is 1. The summed E-state index contributed by atoms with van der Waals surface area (Å²) in [5, 5.41) is 5.96. The van der Waals surface area contributed by atoms with E-state index < -0.39 is 0 Å². The van der Waals surface area contributed by atoms with Crippen LogP contribution in [0.15, 0.2) is 72.1 Å². The van der Waals surface area contributed by atoms with Crippen LogP contribution in [-0.4, -0.2) is 10.9 Å². The number of hydrogen-bond donors (Lipinski definition) is 1. The lowest BCUT2D eigenvalue weighted by Crippen LogP contribution is -2.12. The van der Waals surface area contributed by atoms with E-state index in [0.29, 0.717) is 4.88 Å². The largest absolute Gasteiger partial charge is 0.321 e. The molecule has 0 bridgehead atoms. The number of rotatable bonds is 4. The van der Waals surface area contributed by atoms with Gasteiger partial charge in [0, 0.05) is 11.3 Å². The molecule has 0 atom stereocenters. The fourth-order valence-electron chi connectivity index (χ4n) is 2.75. The van der Waals surface area contributed by atoms with Gasteiger partial charge in [0.25, 0.3) is 5.91 Å². The summed E-state index contributed by atoms with van der Waals surface area (Å²) >= 11 is 3.06. The van der Waals surface area contributed by atoms with Crippen molar-refractivity contribution < 1.29 is 4.79 Å². The number of amides is 1. The van der Waals surface area contributed by atoms with Crippen LogP contribution in [0, 0.1) is 6.92 Å². The van der Waals surface area contributed by atoms with E-state index >= 15 is 0 Å². The van der Waals surface area contributed by atoms with Gasteiger partial charge in [-0.05, 0) is 30.0 Å². The molecule has 3 nitrogen and oxygen atoms in total. The Labute approximate surface area is 160 Å². The quantitative estimate of drug-likeness (QED) is 0.467. The molecule has 128 valence electrons. The Kier molecular flexibility index (Phi) is 4.65. The van der Waals surface area contributed by atoms with E-state index in [1.165, 1.54) is 11.3 Å². The second-order valence-electron chi connectivity index (χ2n) is 5.78. The molecule has 0 aliphatic rings. The van der Waals surface area contributed by atoms with Gasteiger partial charge in [-0.15, -0.1) is 22.7 Å². The molecular formula is C21H16N2OS2. The number of thiazole rings is 1. The fourth-order valence-corrected chi connectivity index (χ4v) is 4.51. The first-order valence-corrected chi connectivity index (χ1v) is 9.89. The third kappa shape index (κ3) is 3.31. The Morgan fingerprint density at radius 3 is 2.50 bits per heavy atom. The van der Waals surface area contributed by atoms with Crippen molar-refractivity contribution in [2.24, 2.45) is 0 Å². The molecule has 26 heavy (non-hydrogen) atoms. The van der Waals surface area contributed by atoms with Crippen molar-refractivity contribution >= 4 is 34.3 Å². The van der Waals surface area contributed by atoms with Crippen molar-refractivity contribution in [2.45, 2.75) is 6.92 Å². The molecule has 1 amide bonds. The average molecular weight is 377 g/mol. The van der Waals surface area contributed by atoms with E-state index in [-0.39, 0.29) is 5.91 Å². The second kappa shape index (κ2) is 7.23. The zero-order chi connectivity index (χ0) is 17.9. The smallest absolute Gasteiger partial charge is 0.267 e. The summed E-state index contributed by atoms with van der Waals surface area (Å²) in [7, 11) is 0. The summed E-state index contributed by atoms with van der Waals surface area (Å²) in [5.41, 5.74) is 3.63. The number of aryl methyl sites for hydroxylation is 1. The Balaban J connectivity index is 1.64. The van der Waals surface area contributed by atoms with Crippen LogP contribution in [-0.2, 0) is 0 Å². The minimum Gasteiger partial charge on any atom is -0.321 e. The molecule has 2 aromatic heterocycles. The lowest BCUT2D eigenvalue weighted by molar-refractivity contribution is 0.103. The maximum atomic E-state index is 12.9. The van der Waals surface area contributed by atoms with Crippen LogP contribution in [0.5, 0.6) is 0 Å². The predicted molar refractivity (Wildman–Crippen MR) is 110 cm³/mol. The van der Waals surface area contributed by atoms with Crippen LogP contribution < -0.4 is 5.32 Å². The summed E-state index contributed by atoms with van der Waals surface area (Å²) in [4.78, 5) is 19.2. The number of thiophene rings is 1. The number of nitrogens with zero attached hydrogens (tertiary/aromatic N) is 1. The summed E-state index contributed by atoms with van der Waals surface area (Å²) in [6.07, 6.45) is 0. The van der Waals surface area contributed by atoms with E-state index in [2.05, 4.69) is 10.3 Å². The molecule has 0 fully saturated rings. The molecule has 4 aromatic rings. The second-order valence-corrected chi connectivity index (χ2v) is 7.72. The summed E-state index contributed by atoms with van der Waals surface area (Å²) in [6.45, 7) is 1.88.